The predicted octanol–water partition coefficient (Wildman–Crippen LogP) is 2.54. The van der Waals surface area contributed by atoms with Crippen molar-refractivity contribution in [3.63, 3.8) is 0 Å². The van der Waals surface area contributed by atoms with Gasteiger partial charge in [-0.15, -0.1) is 11.3 Å². The average Bonchev–Trinajstić information content (AvgIpc) is 2.97. The van der Waals surface area contributed by atoms with Gasteiger partial charge in [0.15, 0.2) is 0 Å². The van der Waals surface area contributed by atoms with Crippen molar-refractivity contribution in [2.24, 2.45) is 0 Å². The van der Waals surface area contributed by atoms with E-state index >= 15 is 0 Å². The van der Waals surface area contributed by atoms with Crippen LogP contribution in [0.4, 0.5) is 0 Å². The Balaban J connectivity index is 2.09. The monoisotopic (exact) mass is 268 g/mol. The number of nitrogens with zero attached hydrogens (tertiary/aromatic N) is 2. The second kappa shape index (κ2) is 6.29. The van der Waals surface area contributed by atoms with Gasteiger partial charge in [-0.25, -0.2) is 4.98 Å². The van der Waals surface area contributed by atoms with Crippen molar-refractivity contribution in [1.29, 1.82) is 0 Å². The molecule has 1 fully saturated rings. The Bertz CT molecular complexity index is 399. The highest BCUT2D eigenvalue weighted by Crippen LogP contribution is 2.30. The molecule has 0 radical (unpaired) electrons. The summed E-state index contributed by atoms with van der Waals surface area (Å²) in [6.45, 7) is 6.40. The first-order chi connectivity index (χ1) is 8.70. The molecule has 0 amide bonds. The van der Waals surface area contributed by atoms with E-state index in [1.165, 1.54) is 12.8 Å². The van der Waals surface area contributed by atoms with Gasteiger partial charge in [-0.1, -0.05) is 0 Å². The summed E-state index contributed by atoms with van der Waals surface area (Å²) in [5, 5.41) is 3.09. The standard InChI is InChI=1S/C13H20N2O2S/c1-3-17-12(16)8-11(15-6-4-5-7-15)13-14-10(2)9-18-13/h9,11H,3-8H2,1-2H3. The summed E-state index contributed by atoms with van der Waals surface area (Å²) in [5.41, 5.74) is 1.03. The van der Waals surface area contributed by atoms with Gasteiger partial charge in [-0.2, -0.15) is 0 Å². The third kappa shape index (κ3) is 3.29. The molecule has 1 saturated heterocycles. The third-order valence-corrected chi connectivity index (χ3v) is 4.23. The van der Waals surface area contributed by atoms with E-state index in [4.69, 9.17) is 4.74 Å². The number of esters is 1. The Morgan fingerprint density at radius 3 is 2.83 bits per heavy atom. The smallest absolute Gasteiger partial charge is 0.307 e. The van der Waals surface area contributed by atoms with Crippen LogP contribution in [0.2, 0.25) is 0 Å². The van der Waals surface area contributed by atoms with Crippen molar-refractivity contribution in [1.82, 2.24) is 9.88 Å². The Morgan fingerprint density at radius 2 is 2.28 bits per heavy atom. The van der Waals surface area contributed by atoms with E-state index in [0.29, 0.717) is 13.0 Å². The summed E-state index contributed by atoms with van der Waals surface area (Å²) in [5.74, 6) is -0.123. The lowest BCUT2D eigenvalue weighted by Gasteiger charge is -2.24. The van der Waals surface area contributed by atoms with Gasteiger partial charge in [-0.3, -0.25) is 9.69 Å². The number of thiazole rings is 1. The van der Waals surface area contributed by atoms with Gasteiger partial charge in [0.1, 0.15) is 5.01 Å². The largest absolute Gasteiger partial charge is 0.466 e. The van der Waals surface area contributed by atoms with Gasteiger partial charge >= 0.3 is 5.97 Å². The minimum absolute atomic E-state index is 0.102. The van der Waals surface area contributed by atoms with Crippen molar-refractivity contribution in [2.45, 2.75) is 39.2 Å². The lowest BCUT2D eigenvalue weighted by molar-refractivity contribution is -0.144. The van der Waals surface area contributed by atoms with Crippen LogP contribution >= 0.6 is 11.3 Å². The number of carbonyl (C=O) groups is 1. The predicted molar refractivity (Wildman–Crippen MR) is 71.6 cm³/mol. The summed E-state index contributed by atoms with van der Waals surface area (Å²) in [4.78, 5) is 18.6. The van der Waals surface area contributed by atoms with Gasteiger partial charge in [-0.05, 0) is 39.8 Å². The lowest BCUT2D eigenvalue weighted by atomic mass is 10.2. The molecule has 0 spiro atoms. The number of carbonyl (C=O) groups excluding carboxylic acids is 1. The number of rotatable bonds is 5. The number of aromatic nitrogens is 1. The Labute approximate surface area is 112 Å². The summed E-state index contributed by atoms with van der Waals surface area (Å²) >= 11 is 1.64. The molecule has 1 aliphatic rings. The Morgan fingerprint density at radius 1 is 1.56 bits per heavy atom. The maximum absolute atomic E-state index is 11.7. The fraction of sp³-hybridized carbons (Fsp3) is 0.692. The molecule has 4 nitrogen and oxygen atoms in total. The molecular formula is C13H20N2O2S. The first-order valence-electron chi connectivity index (χ1n) is 6.52. The molecule has 0 aliphatic carbocycles. The molecule has 1 aromatic heterocycles. The van der Waals surface area contributed by atoms with Crippen LogP contribution in [0.3, 0.4) is 0 Å². The molecule has 0 aromatic carbocycles. The normalized spacial score (nSPS) is 17.9. The van der Waals surface area contributed by atoms with Crippen LogP contribution in [0.1, 0.15) is 42.9 Å². The number of likely N-dealkylation sites (tertiary alicyclic amines) is 1. The van der Waals surface area contributed by atoms with E-state index < -0.39 is 0 Å². The van der Waals surface area contributed by atoms with Crippen LogP contribution < -0.4 is 0 Å². The second-order valence-corrected chi connectivity index (χ2v) is 5.48. The first-order valence-corrected chi connectivity index (χ1v) is 7.40. The summed E-state index contributed by atoms with van der Waals surface area (Å²) < 4.78 is 5.07. The minimum Gasteiger partial charge on any atom is -0.466 e. The molecule has 0 N–H and O–H groups in total. The highest BCUT2D eigenvalue weighted by Gasteiger charge is 2.28. The average molecular weight is 268 g/mol. The van der Waals surface area contributed by atoms with Crippen molar-refractivity contribution < 1.29 is 9.53 Å². The molecule has 18 heavy (non-hydrogen) atoms. The Kier molecular flexibility index (Phi) is 4.72. The fourth-order valence-corrected chi connectivity index (χ4v) is 3.26. The van der Waals surface area contributed by atoms with E-state index in [1.54, 1.807) is 11.3 Å². The van der Waals surface area contributed by atoms with Gasteiger partial charge in [0.2, 0.25) is 0 Å². The van der Waals surface area contributed by atoms with E-state index in [2.05, 4.69) is 9.88 Å². The van der Waals surface area contributed by atoms with E-state index in [1.807, 2.05) is 19.2 Å². The van der Waals surface area contributed by atoms with Crippen LogP contribution in [-0.2, 0) is 9.53 Å². The van der Waals surface area contributed by atoms with Crippen LogP contribution in [0.15, 0.2) is 5.38 Å². The van der Waals surface area contributed by atoms with Crippen LogP contribution in [0, 0.1) is 6.92 Å². The van der Waals surface area contributed by atoms with Crippen molar-refractivity contribution in [2.75, 3.05) is 19.7 Å². The highest BCUT2D eigenvalue weighted by molar-refractivity contribution is 7.09. The highest BCUT2D eigenvalue weighted by atomic mass is 32.1. The minimum atomic E-state index is -0.123. The molecule has 0 saturated carbocycles. The summed E-state index contributed by atoms with van der Waals surface area (Å²) in [6, 6.07) is 0.102. The molecule has 0 bridgehead atoms. The van der Waals surface area contributed by atoms with Crippen molar-refractivity contribution in [3.05, 3.63) is 16.1 Å². The molecular weight excluding hydrogens is 248 g/mol. The molecule has 1 atom stereocenters. The zero-order valence-corrected chi connectivity index (χ0v) is 11.8. The van der Waals surface area contributed by atoms with E-state index in [-0.39, 0.29) is 12.0 Å². The SMILES string of the molecule is CCOC(=O)CC(c1nc(C)cs1)N1CCCC1. The molecule has 2 heterocycles. The van der Waals surface area contributed by atoms with Gasteiger partial charge in [0, 0.05) is 11.1 Å². The second-order valence-electron chi connectivity index (χ2n) is 4.60. The number of hydrogen-bond donors (Lipinski definition) is 0. The van der Waals surface area contributed by atoms with Crippen LogP contribution in [-0.4, -0.2) is 35.5 Å². The van der Waals surface area contributed by atoms with Gasteiger partial charge < -0.3 is 4.74 Å². The third-order valence-electron chi connectivity index (χ3n) is 3.17. The Hall–Kier alpha value is -0.940. The van der Waals surface area contributed by atoms with Crippen LogP contribution in [0.25, 0.3) is 0 Å². The lowest BCUT2D eigenvalue weighted by Crippen LogP contribution is -2.28. The molecule has 1 unspecified atom stereocenters. The quantitative estimate of drug-likeness (QED) is 0.770. The maximum Gasteiger partial charge on any atom is 0.307 e. The summed E-state index contributed by atoms with van der Waals surface area (Å²) in [6.07, 6.45) is 2.84. The number of hydrogen-bond acceptors (Lipinski definition) is 5. The van der Waals surface area contributed by atoms with E-state index in [0.717, 1.165) is 23.8 Å². The fourth-order valence-electron chi connectivity index (χ4n) is 2.33. The van der Waals surface area contributed by atoms with E-state index in [9.17, 15) is 4.79 Å². The zero-order chi connectivity index (χ0) is 13.0. The van der Waals surface area contributed by atoms with Gasteiger partial charge in [0.25, 0.3) is 0 Å². The number of aryl methyl sites for hydroxylation is 1. The van der Waals surface area contributed by atoms with Crippen molar-refractivity contribution >= 4 is 17.3 Å². The maximum atomic E-state index is 11.7. The summed E-state index contributed by atoms with van der Waals surface area (Å²) in [7, 11) is 0. The van der Waals surface area contributed by atoms with Crippen LogP contribution in [0.5, 0.6) is 0 Å². The molecule has 100 valence electrons. The molecule has 5 heteroatoms. The molecule has 1 aromatic rings. The topological polar surface area (TPSA) is 42.4 Å². The zero-order valence-electron chi connectivity index (χ0n) is 11.0. The number of ether oxygens (including phenoxy) is 1. The van der Waals surface area contributed by atoms with Gasteiger partial charge in [0.05, 0.1) is 19.1 Å². The molecule has 2 rings (SSSR count). The first kappa shape index (κ1) is 13.5. The molecule has 1 aliphatic heterocycles. The van der Waals surface area contributed by atoms with Crippen molar-refractivity contribution in [3.8, 4) is 0 Å².